The van der Waals surface area contributed by atoms with Gasteiger partial charge in [-0.05, 0) is 42.8 Å². The second kappa shape index (κ2) is 8.78. The zero-order valence-electron chi connectivity index (χ0n) is 15.0. The Morgan fingerprint density at radius 2 is 2.07 bits per heavy atom. The monoisotopic (exact) mass is 411 g/mol. The van der Waals surface area contributed by atoms with Crippen LogP contribution in [0.1, 0.15) is 17.5 Å². The van der Waals surface area contributed by atoms with Crippen molar-refractivity contribution in [3.63, 3.8) is 0 Å². The summed E-state index contributed by atoms with van der Waals surface area (Å²) in [5.41, 5.74) is 0.618. The second-order valence-corrected chi connectivity index (χ2v) is 7.66. The number of aliphatic hydroxyl groups is 2. The van der Waals surface area contributed by atoms with Gasteiger partial charge in [0.1, 0.15) is 17.1 Å². The summed E-state index contributed by atoms with van der Waals surface area (Å²) >= 11 is 12.2. The molecular weight excluding hydrogens is 389 g/mol. The van der Waals surface area contributed by atoms with E-state index in [0.29, 0.717) is 41.1 Å². The molecule has 2 aromatic rings. The normalized spacial score (nSPS) is 20.6. The zero-order valence-corrected chi connectivity index (χ0v) is 16.6. The Morgan fingerprint density at radius 1 is 1.26 bits per heavy atom. The molecule has 0 radical (unpaired) electrons. The largest absolute Gasteiger partial charge is 0.457 e. The summed E-state index contributed by atoms with van der Waals surface area (Å²) < 4.78 is 11.2. The van der Waals surface area contributed by atoms with Gasteiger partial charge in [-0.25, -0.2) is 0 Å². The van der Waals surface area contributed by atoms with Crippen LogP contribution in [-0.2, 0) is 11.3 Å². The Hall–Kier alpha value is -1.34. The Morgan fingerprint density at radius 3 is 2.78 bits per heavy atom. The first-order chi connectivity index (χ1) is 12.9. The van der Waals surface area contributed by atoms with Crippen molar-refractivity contribution < 1.29 is 19.7 Å². The molecule has 2 unspecified atom stereocenters. The SMILES string of the molecule is Cc1cc(Oc2cc(Cl)ccc2CNCC(O)C2(O)CCOC2)ccc1Cl. The van der Waals surface area contributed by atoms with Gasteiger partial charge in [0.15, 0.2) is 0 Å². The van der Waals surface area contributed by atoms with Crippen molar-refractivity contribution in [3.05, 3.63) is 57.6 Å². The van der Waals surface area contributed by atoms with Crippen molar-refractivity contribution in [2.45, 2.75) is 31.6 Å². The van der Waals surface area contributed by atoms with Crippen molar-refractivity contribution in [1.29, 1.82) is 0 Å². The van der Waals surface area contributed by atoms with Crippen molar-refractivity contribution in [2.75, 3.05) is 19.8 Å². The van der Waals surface area contributed by atoms with Crippen LogP contribution >= 0.6 is 23.2 Å². The van der Waals surface area contributed by atoms with Crippen LogP contribution in [0, 0.1) is 6.92 Å². The molecule has 3 rings (SSSR count). The molecule has 146 valence electrons. The molecule has 0 spiro atoms. The lowest BCUT2D eigenvalue weighted by molar-refractivity contribution is -0.0748. The molecule has 2 aromatic carbocycles. The van der Waals surface area contributed by atoms with Crippen molar-refractivity contribution in [3.8, 4) is 11.5 Å². The fourth-order valence-electron chi connectivity index (χ4n) is 2.94. The van der Waals surface area contributed by atoms with Crippen LogP contribution in [-0.4, -0.2) is 41.7 Å². The molecule has 0 bridgehead atoms. The lowest BCUT2D eigenvalue weighted by Crippen LogP contribution is -2.48. The fourth-order valence-corrected chi connectivity index (χ4v) is 3.22. The zero-order chi connectivity index (χ0) is 19.4. The van der Waals surface area contributed by atoms with Gasteiger partial charge >= 0.3 is 0 Å². The maximum atomic E-state index is 10.3. The highest BCUT2D eigenvalue weighted by Gasteiger charge is 2.39. The van der Waals surface area contributed by atoms with Crippen LogP contribution in [0.15, 0.2) is 36.4 Å². The van der Waals surface area contributed by atoms with E-state index in [1.54, 1.807) is 24.3 Å². The first-order valence-electron chi connectivity index (χ1n) is 8.79. The van der Waals surface area contributed by atoms with Crippen LogP contribution in [0.5, 0.6) is 11.5 Å². The van der Waals surface area contributed by atoms with E-state index in [9.17, 15) is 10.2 Å². The molecule has 1 aliphatic heterocycles. The topological polar surface area (TPSA) is 71.0 Å². The number of benzene rings is 2. The Kier molecular flexibility index (Phi) is 6.63. The van der Waals surface area contributed by atoms with Gasteiger partial charge in [-0.2, -0.15) is 0 Å². The molecule has 7 heteroatoms. The van der Waals surface area contributed by atoms with Crippen LogP contribution in [0.3, 0.4) is 0 Å². The van der Waals surface area contributed by atoms with E-state index in [0.717, 1.165) is 11.1 Å². The lowest BCUT2D eigenvalue weighted by atomic mass is 9.96. The summed E-state index contributed by atoms with van der Waals surface area (Å²) in [4.78, 5) is 0. The van der Waals surface area contributed by atoms with Crippen LogP contribution in [0.2, 0.25) is 10.0 Å². The van der Waals surface area contributed by atoms with Crippen LogP contribution in [0.4, 0.5) is 0 Å². The predicted molar refractivity (Wildman–Crippen MR) is 106 cm³/mol. The molecule has 2 atom stereocenters. The Balaban J connectivity index is 1.65. The van der Waals surface area contributed by atoms with Gasteiger partial charge in [0.05, 0.1) is 12.7 Å². The molecule has 0 amide bonds. The fraction of sp³-hybridized carbons (Fsp3) is 0.400. The molecule has 1 aliphatic rings. The van der Waals surface area contributed by atoms with Gasteiger partial charge in [-0.15, -0.1) is 0 Å². The highest BCUT2D eigenvalue weighted by Crippen LogP contribution is 2.30. The molecule has 0 aliphatic carbocycles. The molecule has 0 saturated carbocycles. The maximum absolute atomic E-state index is 10.3. The van der Waals surface area contributed by atoms with E-state index in [-0.39, 0.29) is 13.2 Å². The summed E-state index contributed by atoms with van der Waals surface area (Å²) in [6, 6.07) is 10.8. The number of ether oxygens (including phenoxy) is 2. The average molecular weight is 412 g/mol. The summed E-state index contributed by atoms with van der Waals surface area (Å²) in [5, 5.41) is 25.0. The summed E-state index contributed by atoms with van der Waals surface area (Å²) in [6.07, 6.45) is -0.475. The molecular formula is C20H23Cl2NO4. The van der Waals surface area contributed by atoms with Gasteiger partial charge in [0.25, 0.3) is 0 Å². The molecule has 27 heavy (non-hydrogen) atoms. The maximum Gasteiger partial charge on any atom is 0.133 e. The lowest BCUT2D eigenvalue weighted by Gasteiger charge is -2.27. The smallest absolute Gasteiger partial charge is 0.133 e. The van der Waals surface area contributed by atoms with Gasteiger partial charge in [0, 0.05) is 41.7 Å². The summed E-state index contributed by atoms with van der Waals surface area (Å²) in [6.45, 7) is 3.22. The average Bonchev–Trinajstić information content (AvgIpc) is 3.08. The number of halogens is 2. The highest BCUT2D eigenvalue weighted by molar-refractivity contribution is 6.31. The number of hydrogen-bond donors (Lipinski definition) is 3. The van der Waals surface area contributed by atoms with Crippen LogP contribution in [0.25, 0.3) is 0 Å². The predicted octanol–water partition coefficient (Wildman–Crippen LogP) is 3.70. The van der Waals surface area contributed by atoms with E-state index in [1.807, 2.05) is 19.1 Å². The molecule has 0 aromatic heterocycles. The molecule has 1 saturated heterocycles. The van der Waals surface area contributed by atoms with E-state index in [4.69, 9.17) is 32.7 Å². The van der Waals surface area contributed by atoms with Gasteiger partial charge < -0.3 is 25.0 Å². The molecule has 3 N–H and O–H groups in total. The number of aryl methyl sites for hydroxylation is 1. The quantitative estimate of drug-likeness (QED) is 0.647. The third-order valence-electron chi connectivity index (χ3n) is 4.69. The summed E-state index contributed by atoms with van der Waals surface area (Å²) in [7, 11) is 0. The third kappa shape index (κ3) is 5.13. The van der Waals surface area contributed by atoms with Crippen molar-refractivity contribution in [1.82, 2.24) is 5.32 Å². The molecule has 1 fully saturated rings. The van der Waals surface area contributed by atoms with Crippen molar-refractivity contribution >= 4 is 23.2 Å². The molecule has 1 heterocycles. The minimum Gasteiger partial charge on any atom is -0.457 e. The van der Waals surface area contributed by atoms with Gasteiger partial charge in [0.2, 0.25) is 0 Å². The van der Waals surface area contributed by atoms with Crippen LogP contribution < -0.4 is 10.1 Å². The highest BCUT2D eigenvalue weighted by atomic mass is 35.5. The van der Waals surface area contributed by atoms with Gasteiger partial charge in [-0.1, -0.05) is 29.3 Å². The Bertz CT molecular complexity index is 794. The van der Waals surface area contributed by atoms with E-state index < -0.39 is 11.7 Å². The first kappa shape index (κ1) is 20.4. The second-order valence-electron chi connectivity index (χ2n) is 6.82. The third-order valence-corrected chi connectivity index (χ3v) is 5.35. The standard InChI is InChI=1S/C20H23Cl2NO4/c1-13-8-16(4-5-17(13)22)27-18-9-15(21)3-2-14(18)10-23-11-19(24)20(25)6-7-26-12-20/h2-5,8-9,19,23-25H,6-7,10-12H2,1H3. The number of aliphatic hydroxyl groups excluding tert-OH is 1. The van der Waals surface area contributed by atoms with E-state index in [1.165, 1.54) is 0 Å². The molecule has 5 nitrogen and oxygen atoms in total. The summed E-state index contributed by atoms with van der Waals surface area (Å²) in [5.74, 6) is 1.28. The number of hydrogen-bond acceptors (Lipinski definition) is 5. The van der Waals surface area contributed by atoms with E-state index >= 15 is 0 Å². The van der Waals surface area contributed by atoms with Crippen molar-refractivity contribution in [2.24, 2.45) is 0 Å². The first-order valence-corrected chi connectivity index (χ1v) is 9.54. The minimum atomic E-state index is -1.19. The minimum absolute atomic E-state index is 0.154. The Labute approximate surface area is 168 Å². The number of rotatable bonds is 7. The van der Waals surface area contributed by atoms with Gasteiger partial charge in [-0.3, -0.25) is 0 Å². The number of nitrogens with one attached hydrogen (secondary N) is 1. The van der Waals surface area contributed by atoms with E-state index in [2.05, 4.69) is 5.32 Å².